The number of halogens is 7. The highest BCUT2D eigenvalue weighted by Gasteiger charge is 2.39. The van der Waals surface area contributed by atoms with E-state index in [1.807, 2.05) is 12.1 Å². The minimum absolute atomic E-state index is 0.0192. The molecule has 2 aliphatic carbocycles. The van der Waals surface area contributed by atoms with Gasteiger partial charge in [-0.25, -0.2) is 39.6 Å². The molecule has 2 fully saturated rings. The molecular weight excluding hydrogens is 798 g/mol. The van der Waals surface area contributed by atoms with E-state index in [1.165, 1.54) is 18.2 Å². The predicted octanol–water partition coefficient (Wildman–Crippen LogP) is 9.71. The number of esters is 1. The van der Waals surface area contributed by atoms with E-state index >= 15 is 8.78 Å². The van der Waals surface area contributed by atoms with Crippen LogP contribution in [0.15, 0.2) is 59.5 Å². The molecule has 2 saturated carbocycles. The van der Waals surface area contributed by atoms with E-state index in [9.17, 15) is 35.6 Å². The van der Waals surface area contributed by atoms with Crippen LogP contribution < -0.4 is 9.64 Å². The van der Waals surface area contributed by atoms with Gasteiger partial charge in [-0.05, 0) is 118 Å². The number of hydrogen-bond acceptors (Lipinski definition) is 6. The van der Waals surface area contributed by atoms with Gasteiger partial charge < -0.3 is 14.4 Å². The Hall–Kier alpha value is -4.60. The summed E-state index contributed by atoms with van der Waals surface area (Å²) in [7, 11) is -5.76. The van der Waals surface area contributed by atoms with Crippen molar-refractivity contribution < 1.29 is 53.8 Å². The third-order valence-electron chi connectivity index (χ3n) is 9.40. The number of ether oxygens (including phenoxy) is 2. The summed E-state index contributed by atoms with van der Waals surface area (Å²) in [6, 6.07) is 12.9. The Balaban J connectivity index is 1.48. The van der Waals surface area contributed by atoms with Crippen molar-refractivity contribution in [3.8, 4) is 5.75 Å². The zero-order valence-electron chi connectivity index (χ0n) is 31.4. The molecule has 4 aromatic carbocycles. The molecule has 0 radical (unpaired) electrons. The first kappa shape index (κ1) is 42.0. The van der Waals surface area contributed by atoms with E-state index in [-0.39, 0.29) is 45.0 Å². The molecule has 6 rings (SSSR count). The summed E-state index contributed by atoms with van der Waals surface area (Å²) in [5, 5.41) is -0.349. The van der Waals surface area contributed by atoms with E-state index in [2.05, 4.69) is 6.07 Å². The van der Waals surface area contributed by atoms with Crippen LogP contribution in [-0.2, 0) is 32.6 Å². The molecule has 0 unspecified atom stereocenters. The monoisotopic (exact) mass is 836 g/mol. The summed E-state index contributed by atoms with van der Waals surface area (Å²) in [6.45, 7) is 4.35. The van der Waals surface area contributed by atoms with Crippen LogP contribution in [0.5, 0.6) is 5.75 Å². The molecule has 2 aliphatic rings. The van der Waals surface area contributed by atoms with Crippen LogP contribution in [0.25, 0.3) is 0 Å². The van der Waals surface area contributed by atoms with Crippen LogP contribution in [-0.4, -0.2) is 43.4 Å². The maximum Gasteiger partial charge on any atom is 0.338 e. The Morgan fingerprint density at radius 3 is 1.89 bits per heavy atom. The number of carbonyl (C=O) groups is 2. The third-order valence-corrected chi connectivity index (χ3v) is 11.6. The van der Waals surface area contributed by atoms with Crippen molar-refractivity contribution in [3.63, 3.8) is 0 Å². The zero-order valence-corrected chi connectivity index (χ0v) is 33.0. The second-order valence-corrected chi connectivity index (χ2v) is 17.3. The molecule has 0 atom stereocenters. The van der Waals surface area contributed by atoms with Crippen LogP contribution in [0.3, 0.4) is 0 Å². The Kier molecular flexibility index (Phi) is 12.0. The van der Waals surface area contributed by atoms with Gasteiger partial charge in [-0.2, -0.15) is 4.31 Å². The van der Waals surface area contributed by atoms with Crippen molar-refractivity contribution in [2.24, 2.45) is 0 Å². The Labute approximate surface area is 331 Å². The number of nitrogens with zero attached hydrogens (tertiary/aromatic N) is 2. The van der Waals surface area contributed by atoms with Crippen molar-refractivity contribution in [3.05, 3.63) is 122 Å². The second kappa shape index (κ2) is 16.3. The maximum absolute atomic E-state index is 15.2. The number of rotatable bonds is 14. The molecule has 4 aromatic rings. The predicted molar refractivity (Wildman–Crippen MR) is 200 cm³/mol. The van der Waals surface area contributed by atoms with Crippen LogP contribution in [0.1, 0.15) is 97.8 Å². The van der Waals surface area contributed by atoms with E-state index in [1.54, 1.807) is 27.7 Å². The van der Waals surface area contributed by atoms with Crippen LogP contribution in [0, 0.1) is 34.9 Å². The molecule has 0 saturated heterocycles. The lowest BCUT2D eigenvalue weighted by atomic mass is 9.99. The van der Waals surface area contributed by atoms with E-state index < -0.39 is 80.4 Å². The standard InChI is InChI=1S/C41H39ClF6N2O6S/c1-5-55-32-17-25(40(52)56-41(2,3)4)11-13-31(32)50(19-22-14-27(23-6-7-23)16-28(15-22)24-8-9-24)33(51)21-49(20-26-10-12-29(43)18-30(26)42)57(53,54)39-37(47)35(45)34(44)36(46)38(39)48/h10-18,23-24H,5-9,19-21H2,1-4H3. The molecule has 0 N–H and O–H groups in total. The fourth-order valence-electron chi connectivity index (χ4n) is 6.35. The minimum Gasteiger partial charge on any atom is -0.492 e. The number of carbonyl (C=O) groups excluding carboxylic acids is 2. The van der Waals surface area contributed by atoms with Crippen LogP contribution in [0.4, 0.5) is 32.0 Å². The highest BCUT2D eigenvalue weighted by Crippen LogP contribution is 2.46. The highest BCUT2D eigenvalue weighted by molar-refractivity contribution is 7.89. The Morgan fingerprint density at radius 2 is 1.37 bits per heavy atom. The molecule has 0 spiro atoms. The molecule has 1 amide bonds. The van der Waals surface area contributed by atoms with Crippen LogP contribution >= 0.6 is 11.6 Å². The van der Waals surface area contributed by atoms with Crippen molar-refractivity contribution in [2.45, 2.75) is 88.8 Å². The quantitative estimate of drug-likeness (QED) is 0.0544. The SMILES string of the molecule is CCOc1cc(C(=O)OC(C)(C)C)ccc1N(Cc1cc(C2CC2)cc(C2CC2)c1)C(=O)CN(Cc1ccc(F)cc1Cl)S(=O)(=O)c1c(F)c(F)c(F)c(F)c1F. The van der Waals surface area contributed by atoms with Gasteiger partial charge in [-0.1, -0.05) is 35.9 Å². The summed E-state index contributed by atoms with van der Waals surface area (Å²) in [5.41, 5.74) is 1.90. The second-order valence-electron chi connectivity index (χ2n) is 15.1. The normalized spacial score (nSPS) is 14.5. The van der Waals surface area contributed by atoms with E-state index in [4.69, 9.17) is 21.1 Å². The lowest BCUT2D eigenvalue weighted by Crippen LogP contribution is -2.43. The first-order chi connectivity index (χ1) is 26.8. The zero-order chi connectivity index (χ0) is 41.6. The number of benzene rings is 4. The summed E-state index contributed by atoms with van der Waals surface area (Å²) < 4.78 is 127. The molecular formula is C41H39ClF6N2O6S. The smallest absolute Gasteiger partial charge is 0.338 e. The van der Waals surface area contributed by atoms with Gasteiger partial charge in [0.15, 0.2) is 28.2 Å². The number of hydrogen-bond donors (Lipinski definition) is 0. The average Bonchev–Trinajstić information content (AvgIpc) is 4.06. The fourth-order valence-corrected chi connectivity index (χ4v) is 8.05. The van der Waals surface area contributed by atoms with Crippen LogP contribution in [0.2, 0.25) is 5.02 Å². The molecule has 57 heavy (non-hydrogen) atoms. The minimum atomic E-state index is -5.76. The van der Waals surface area contributed by atoms with E-state index in [0.29, 0.717) is 17.4 Å². The summed E-state index contributed by atoms with van der Waals surface area (Å²) in [5.74, 6) is -14.8. The van der Waals surface area contributed by atoms with Gasteiger partial charge in [-0.15, -0.1) is 0 Å². The Bertz CT molecular complexity index is 2290. The molecule has 0 heterocycles. The maximum atomic E-state index is 15.2. The van der Waals surface area contributed by atoms with E-state index in [0.717, 1.165) is 59.9 Å². The van der Waals surface area contributed by atoms with Gasteiger partial charge in [0.2, 0.25) is 21.7 Å². The van der Waals surface area contributed by atoms with Crippen molar-refractivity contribution in [1.82, 2.24) is 4.31 Å². The number of sulfonamides is 1. The average molecular weight is 837 g/mol. The van der Waals surface area contributed by atoms with Gasteiger partial charge in [0, 0.05) is 11.6 Å². The molecule has 0 bridgehead atoms. The van der Waals surface area contributed by atoms with Gasteiger partial charge in [0.05, 0.1) is 30.9 Å². The van der Waals surface area contributed by atoms with Crippen molar-refractivity contribution in [2.75, 3.05) is 18.1 Å². The van der Waals surface area contributed by atoms with Gasteiger partial charge in [-0.3, -0.25) is 4.79 Å². The molecule has 8 nitrogen and oxygen atoms in total. The lowest BCUT2D eigenvalue weighted by Gasteiger charge is -2.29. The molecule has 16 heteroatoms. The van der Waals surface area contributed by atoms with Crippen molar-refractivity contribution in [1.29, 1.82) is 0 Å². The third kappa shape index (κ3) is 9.42. The van der Waals surface area contributed by atoms with Gasteiger partial charge in [0.1, 0.15) is 17.2 Å². The molecule has 304 valence electrons. The first-order valence-electron chi connectivity index (χ1n) is 18.2. The molecule has 0 aromatic heterocycles. The Morgan fingerprint density at radius 1 is 0.789 bits per heavy atom. The lowest BCUT2D eigenvalue weighted by molar-refractivity contribution is -0.119. The first-order valence-corrected chi connectivity index (χ1v) is 20.0. The summed E-state index contributed by atoms with van der Waals surface area (Å²) in [4.78, 5) is 26.8. The fraction of sp³-hybridized carbons (Fsp3) is 0.366. The highest BCUT2D eigenvalue weighted by atomic mass is 35.5. The largest absolute Gasteiger partial charge is 0.492 e. The van der Waals surface area contributed by atoms with Gasteiger partial charge in [0.25, 0.3) is 0 Å². The topological polar surface area (TPSA) is 93.2 Å². The summed E-state index contributed by atoms with van der Waals surface area (Å²) in [6.07, 6.45) is 3.92. The number of anilines is 1. The summed E-state index contributed by atoms with van der Waals surface area (Å²) >= 11 is 6.20. The van der Waals surface area contributed by atoms with Crippen molar-refractivity contribution >= 4 is 39.2 Å². The number of amides is 1. The molecule has 0 aliphatic heterocycles. The van der Waals surface area contributed by atoms with Gasteiger partial charge >= 0.3 is 5.97 Å².